The summed E-state index contributed by atoms with van der Waals surface area (Å²) in [6, 6.07) is 23.0. The predicted molar refractivity (Wildman–Crippen MR) is 165 cm³/mol. The highest BCUT2D eigenvalue weighted by Crippen LogP contribution is 2.37. The summed E-state index contributed by atoms with van der Waals surface area (Å²) < 4.78 is 14.1. The molecule has 212 valence electrons. The van der Waals surface area contributed by atoms with Crippen molar-refractivity contribution in [2.75, 3.05) is 13.2 Å². The molecule has 1 fully saturated rings. The lowest BCUT2D eigenvalue weighted by molar-refractivity contribution is -0.131. The van der Waals surface area contributed by atoms with Gasteiger partial charge in [-0.15, -0.1) is 0 Å². The summed E-state index contributed by atoms with van der Waals surface area (Å²) in [5, 5.41) is 14.8. The van der Waals surface area contributed by atoms with Gasteiger partial charge in [0.15, 0.2) is 6.23 Å². The van der Waals surface area contributed by atoms with Gasteiger partial charge in [-0.25, -0.2) is 9.48 Å². The molecule has 0 saturated carbocycles. The van der Waals surface area contributed by atoms with E-state index in [0.29, 0.717) is 6.61 Å². The summed E-state index contributed by atoms with van der Waals surface area (Å²) in [5.74, 6) is -0.0870. The third kappa shape index (κ3) is 6.77. The summed E-state index contributed by atoms with van der Waals surface area (Å²) >= 11 is 0. The minimum absolute atomic E-state index is 0.0184. The highest BCUT2D eigenvalue weighted by atomic mass is 16.5. The van der Waals surface area contributed by atoms with E-state index in [2.05, 4.69) is 62.4 Å². The summed E-state index contributed by atoms with van der Waals surface area (Å²) in [6.45, 7) is 5.82. The zero-order valence-electron chi connectivity index (χ0n) is 23.9. The second kappa shape index (κ2) is 13.5. The number of ether oxygens (including phenoxy) is 2. The third-order valence-electron chi connectivity index (χ3n) is 7.53. The number of carboxylic acids is 1. The Balaban J connectivity index is 1.60. The van der Waals surface area contributed by atoms with Crippen LogP contribution in [0.5, 0.6) is 5.75 Å². The molecule has 0 amide bonds. The Morgan fingerprint density at radius 1 is 1.05 bits per heavy atom. The maximum Gasteiger partial charge on any atom is 0.328 e. The number of unbranched alkanes of at least 4 members (excludes halogenated alkanes) is 1. The number of rotatable bonds is 11. The Kier molecular flexibility index (Phi) is 9.32. The SMILES string of the molecule is CCCCOc1cccc(/C(CC)=C(\c2ccc(C=CC(=O)O)cc2)c2ccc3c(cnn3C3CCCCO3)c2)c1. The first-order valence-electron chi connectivity index (χ1n) is 14.6. The van der Waals surface area contributed by atoms with Crippen molar-refractivity contribution in [1.29, 1.82) is 0 Å². The molecule has 1 unspecified atom stereocenters. The van der Waals surface area contributed by atoms with Gasteiger partial charge in [-0.05, 0) is 95.8 Å². The minimum Gasteiger partial charge on any atom is -0.494 e. The van der Waals surface area contributed by atoms with E-state index in [1.165, 1.54) is 5.57 Å². The van der Waals surface area contributed by atoms with Crippen LogP contribution < -0.4 is 4.74 Å². The van der Waals surface area contributed by atoms with Crippen molar-refractivity contribution in [1.82, 2.24) is 9.78 Å². The molecule has 6 heteroatoms. The van der Waals surface area contributed by atoms with Gasteiger partial charge >= 0.3 is 5.97 Å². The van der Waals surface area contributed by atoms with Crippen molar-refractivity contribution >= 4 is 34.1 Å². The van der Waals surface area contributed by atoms with Crippen molar-refractivity contribution in [2.24, 2.45) is 0 Å². The molecule has 1 aromatic heterocycles. The van der Waals surface area contributed by atoms with Crippen molar-refractivity contribution in [2.45, 2.75) is 58.6 Å². The summed E-state index contributed by atoms with van der Waals surface area (Å²) in [4.78, 5) is 11.0. The maximum atomic E-state index is 11.0. The first-order valence-corrected chi connectivity index (χ1v) is 14.6. The van der Waals surface area contributed by atoms with Crippen LogP contribution in [0.2, 0.25) is 0 Å². The molecule has 5 rings (SSSR count). The van der Waals surface area contributed by atoms with Crippen LogP contribution in [0, 0.1) is 0 Å². The maximum absolute atomic E-state index is 11.0. The van der Waals surface area contributed by atoms with E-state index < -0.39 is 5.97 Å². The molecule has 2 heterocycles. The Hall–Kier alpha value is -4.16. The topological polar surface area (TPSA) is 73.6 Å². The van der Waals surface area contributed by atoms with Crippen molar-refractivity contribution in [3.63, 3.8) is 0 Å². The number of hydrogen-bond acceptors (Lipinski definition) is 4. The fraction of sp³-hybridized carbons (Fsp3) is 0.314. The van der Waals surface area contributed by atoms with Gasteiger partial charge in [-0.1, -0.05) is 62.7 Å². The molecule has 6 nitrogen and oxygen atoms in total. The predicted octanol–water partition coefficient (Wildman–Crippen LogP) is 8.38. The average molecular weight is 551 g/mol. The second-order valence-corrected chi connectivity index (χ2v) is 10.4. The summed E-state index contributed by atoms with van der Waals surface area (Å²) in [6.07, 6.45) is 10.8. The molecule has 41 heavy (non-hydrogen) atoms. The number of aromatic nitrogens is 2. The number of hydrogen-bond donors (Lipinski definition) is 1. The van der Waals surface area contributed by atoms with Crippen LogP contribution in [-0.2, 0) is 9.53 Å². The smallest absolute Gasteiger partial charge is 0.328 e. The number of benzene rings is 3. The van der Waals surface area contributed by atoms with Crippen LogP contribution in [0.15, 0.2) is 79.0 Å². The van der Waals surface area contributed by atoms with Crippen molar-refractivity contribution in [3.05, 3.63) is 101 Å². The normalized spacial score (nSPS) is 16.2. The minimum atomic E-state index is -0.962. The molecule has 0 bridgehead atoms. The number of aliphatic carboxylic acids is 1. The van der Waals surface area contributed by atoms with Gasteiger partial charge in [0.05, 0.1) is 18.3 Å². The molecule has 1 atom stereocenters. The molecule has 1 saturated heterocycles. The zero-order valence-corrected chi connectivity index (χ0v) is 23.9. The number of nitrogens with zero attached hydrogens (tertiary/aromatic N) is 2. The highest BCUT2D eigenvalue weighted by Gasteiger charge is 2.20. The van der Waals surface area contributed by atoms with Gasteiger partial charge in [-0.2, -0.15) is 5.10 Å². The van der Waals surface area contributed by atoms with E-state index in [0.717, 1.165) is 95.7 Å². The van der Waals surface area contributed by atoms with Gasteiger partial charge in [0.2, 0.25) is 0 Å². The molecule has 0 aliphatic carbocycles. The molecular weight excluding hydrogens is 512 g/mol. The van der Waals surface area contributed by atoms with Crippen LogP contribution >= 0.6 is 0 Å². The Labute approximate surface area is 241 Å². The number of fused-ring (bicyclic) bond motifs is 1. The first kappa shape index (κ1) is 28.4. The van der Waals surface area contributed by atoms with Crippen LogP contribution in [0.1, 0.15) is 80.9 Å². The van der Waals surface area contributed by atoms with Crippen molar-refractivity contribution in [3.8, 4) is 5.75 Å². The van der Waals surface area contributed by atoms with E-state index >= 15 is 0 Å². The van der Waals surface area contributed by atoms with Crippen LogP contribution in [-0.4, -0.2) is 34.1 Å². The lowest BCUT2D eigenvalue weighted by Crippen LogP contribution is -2.18. The molecule has 3 aromatic carbocycles. The number of carbonyl (C=O) groups is 1. The van der Waals surface area contributed by atoms with Gasteiger partial charge in [0, 0.05) is 18.1 Å². The van der Waals surface area contributed by atoms with Crippen molar-refractivity contribution < 1.29 is 19.4 Å². The average Bonchev–Trinajstić information content (AvgIpc) is 3.43. The fourth-order valence-corrected chi connectivity index (χ4v) is 5.43. The van der Waals surface area contributed by atoms with Crippen LogP contribution in [0.4, 0.5) is 0 Å². The van der Waals surface area contributed by atoms with Gasteiger partial charge < -0.3 is 14.6 Å². The molecule has 0 spiro atoms. The molecular formula is C35H38N2O4. The van der Waals surface area contributed by atoms with E-state index in [4.69, 9.17) is 19.7 Å². The molecule has 0 radical (unpaired) electrons. The number of carboxylic acid groups (broad SMARTS) is 1. The number of allylic oxidation sites excluding steroid dienone is 1. The second-order valence-electron chi connectivity index (χ2n) is 10.4. The van der Waals surface area contributed by atoms with E-state index in [1.807, 2.05) is 29.1 Å². The Morgan fingerprint density at radius 3 is 2.61 bits per heavy atom. The summed E-state index contributed by atoms with van der Waals surface area (Å²) in [5.41, 5.74) is 7.54. The van der Waals surface area contributed by atoms with Crippen LogP contribution in [0.25, 0.3) is 28.1 Å². The van der Waals surface area contributed by atoms with Crippen LogP contribution in [0.3, 0.4) is 0 Å². The third-order valence-corrected chi connectivity index (χ3v) is 7.53. The standard InChI is InChI=1S/C35H38N2O4/c1-3-5-20-40-30-10-8-9-27(23-30)31(4-2)35(26-15-12-25(13-16-26)14-19-34(38)39)28-17-18-32-29(22-28)24-36-37(32)33-11-6-7-21-41-33/h8-10,12-19,22-24,33H,3-7,11,20-21H2,1-2H3,(H,38,39)/b19-14?,35-31+. The Morgan fingerprint density at radius 2 is 1.88 bits per heavy atom. The fourth-order valence-electron chi connectivity index (χ4n) is 5.43. The first-order chi connectivity index (χ1) is 20.1. The molecule has 1 aliphatic rings. The molecule has 1 N–H and O–H groups in total. The van der Waals surface area contributed by atoms with E-state index in [1.54, 1.807) is 6.08 Å². The lowest BCUT2D eigenvalue weighted by Gasteiger charge is -2.23. The largest absolute Gasteiger partial charge is 0.494 e. The lowest BCUT2D eigenvalue weighted by atomic mass is 9.87. The zero-order chi connectivity index (χ0) is 28.6. The van der Waals surface area contributed by atoms with Gasteiger partial charge in [0.25, 0.3) is 0 Å². The van der Waals surface area contributed by atoms with Gasteiger partial charge in [0.1, 0.15) is 5.75 Å². The van der Waals surface area contributed by atoms with E-state index in [9.17, 15) is 4.79 Å². The highest BCUT2D eigenvalue weighted by molar-refractivity contribution is 6.00. The molecule has 4 aromatic rings. The Bertz CT molecular complexity index is 1540. The quantitative estimate of drug-likeness (QED) is 0.115. The van der Waals surface area contributed by atoms with Gasteiger partial charge in [-0.3, -0.25) is 0 Å². The molecule has 1 aliphatic heterocycles. The monoisotopic (exact) mass is 550 g/mol. The van der Waals surface area contributed by atoms with E-state index in [-0.39, 0.29) is 6.23 Å². The summed E-state index contributed by atoms with van der Waals surface area (Å²) in [7, 11) is 0.